The van der Waals surface area contributed by atoms with Crippen molar-refractivity contribution in [2.75, 3.05) is 4.90 Å². The molecule has 0 fully saturated rings. The van der Waals surface area contributed by atoms with Gasteiger partial charge in [0.1, 0.15) is 0 Å². The first-order valence-electron chi connectivity index (χ1n) is 19.2. The molecular formula is C52H41N. The molecule has 6 aromatic rings. The zero-order chi connectivity index (χ0) is 35.3. The third-order valence-electron chi connectivity index (χ3n) is 13.2. The predicted octanol–water partition coefficient (Wildman–Crippen LogP) is 13.2. The van der Waals surface area contributed by atoms with E-state index in [0.717, 1.165) is 12.1 Å². The Morgan fingerprint density at radius 3 is 2.00 bits per heavy atom. The fourth-order valence-corrected chi connectivity index (χ4v) is 10.9. The molecule has 254 valence electrons. The number of anilines is 3. The van der Waals surface area contributed by atoms with Crippen LogP contribution in [0, 0.1) is 11.8 Å². The fourth-order valence-electron chi connectivity index (χ4n) is 10.9. The Kier molecular flexibility index (Phi) is 6.54. The van der Waals surface area contributed by atoms with Crippen LogP contribution in [0.2, 0.25) is 0 Å². The van der Waals surface area contributed by atoms with Gasteiger partial charge in [0, 0.05) is 45.6 Å². The van der Waals surface area contributed by atoms with Gasteiger partial charge >= 0.3 is 0 Å². The summed E-state index contributed by atoms with van der Waals surface area (Å²) in [6.07, 6.45) is 17.7. The van der Waals surface area contributed by atoms with Crippen LogP contribution in [-0.2, 0) is 10.8 Å². The topological polar surface area (TPSA) is 3.24 Å². The number of allylic oxidation sites excluding steroid dienone is 8. The van der Waals surface area contributed by atoms with Gasteiger partial charge in [-0.3, -0.25) is 0 Å². The van der Waals surface area contributed by atoms with Crippen molar-refractivity contribution in [3.63, 3.8) is 0 Å². The molecule has 11 rings (SSSR count). The Balaban J connectivity index is 1.13. The van der Waals surface area contributed by atoms with Gasteiger partial charge in [0.05, 0.1) is 0 Å². The lowest BCUT2D eigenvalue weighted by atomic mass is 9.61. The van der Waals surface area contributed by atoms with Crippen LogP contribution in [0.15, 0.2) is 182 Å². The van der Waals surface area contributed by atoms with Gasteiger partial charge in [-0.15, -0.1) is 0 Å². The van der Waals surface area contributed by atoms with Gasteiger partial charge in [-0.1, -0.05) is 160 Å². The summed E-state index contributed by atoms with van der Waals surface area (Å²) in [7, 11) is 0. The van der Waals surface area contributed by atoms with E-state index in [1.165, 1.54) is 72.6 Å². The van der Waals surface area contributed by atoms with Crippen molar-refractivity contribution < 1.29 is 0 Å². The fraction of sp³-hybridized carbons (Fsp3) is 0.154. The van der Waals surface area contributed by atoms with Crippen molar-refractivity contribution >= 4 is 22.6 Å². The molecule has 0 heterocycles. The van der Waals surface area contributed by atoms with E-state index in [0.29, 0.717) is 17.8 Å². The van der Waals surface area contributed by atoms with Crippen LogP contribution in [-0.4, -0.2) is 0 Å². The average Bonchev–Trinajstić information content (AvgIpc) is 3.77. The van der Waals surface area contributed by atoms with E-state index >= 15 is 0 Å². The minimum Gasteiger partial charge on any atom is -0.310 e. The third kappa shape index (κ3) is 4.20. The molecule has 0 saturated heterocycles. The van der Waals surface area contributed by atoms with Crippen LogP contribution in [0.1, 0.15) is 59.6 Å². The molecular weight excluding hydrogens is 639 g/mol. The maximum absolute atomic E-state index is 2.57. The first-order chi connectivity index (χ1) is 26.0. The number of fused-ring (bicyclic) bond motifs is 13. The normalized spacial score (nSPS) is 23.1. The highest BCUT2D eigenvalue weighted by Gasteiger charge is 2.60. The van der Waals surface area contributed by atoms with E-state index in [2.05, 4.69) is 201 Å². The van der Waals surface area contributed by atoms with Crippen LogP contribution >= 0.6 is 0 Å². The lowest BCUT2D eigenvalue weighted by Gasteiger charge is -2.41. The third-order valence-corrected chi connectivity index (χ3v) is 13.2. The maximum Gasteiger partial charge on any atom is 0.0465 e. The minimum atomic E-state index is -0.144. The van der Waals surface area contributed by atoms with Crippen molar-refractivity contribution in [3.05, 3.63) is 215 Å². The van der Waals surface area contributed by atoms with Crippen molar-refractivity contribution in [2.45, 2.75) is 37.0 Å². The highest BCUT2D eigenvalue weighted by atomic mass is 15.1. The van der Waals surface area contributed by atoms with E-state index in [4.69, 9.17) is 0 Å². The Labute approximate surface area is 313 Å². The molecule has 1 nitrogen and oxygen atoms in total. The Bertz CT molecular complexity index is 2580. The lowest BCUT2D eigenvalue weighted by molar-refractivity contribution is 0.323. The second kappa shape index (κ2) is 11.3. The second-order valence-corrected chi connectivity index (χ2v) is 16.0. The quantitative estimate of drug-likeness (QED) is 0.179. The molecule has 53 heavy (non-hydrogen) atoms. The molecule has 0 N–H and O–H groups in total. The van der Waals surface area contributed by atoms with Crippen molar-refractivity contribution in [1.29, 1.82) is 0 Å². The zero-order valence-electron chi connectivity index (χ0n) is 30.2. The number of hydrogen-bond donors (Lipinski definition) is 0. The van der Waals surface area contributed by atoms with Gasteiger partial charge in [-0.2, -0.15) is 0 Å². The molecule has 0 amide bonds. The number of nitrogens with zero attached hydrogens (tertiary/aromatic N) is 1. The van der Waals surface area contributed by atoms with Gasteiger partial charge < -0.3 is 4.90 Å². The maximum atomic E-state index is 2.57. The van der Waals surface area contributed by atoms with Crippen LogP contribution < -0.4 is 4.90 Å². The van der Waals surface area contributed by atoms with Crippen LogP contribution in [0.25, 0.3) is 27.8 Å². The zero-order valence-corrected chi connectivity index (χ0v) is 30.2. The molecule has 0 aliphatic heterocycles. The summed E-state index contributed by atoms with van der Waals surface area (Å²) in [6, 6.07) is 52.7. The smallest absolute Gasteiger partial charge is 0.0465 e. The Hall–Kier alpha value is -5.92. The Morgan fingerprint density at radius 1 is 0.528 bits per heavy atom. The average molecular weight is 680 g/mol. The molecule has 1 heteroatoms. The van der Waals surface area contributed by atoms with Gasteiger partial charge in [0.25, 0.3) is 0 Å². The molecule has 0 aromatic heterocycles. The molecule has 5 aliphatic rings. The van der Waals surface area contributed by atoms with Crippen molar-refractivity contribution in [2.24, 2.45) is 11.8 Å². The number of hydrogen-bond acceptors (Lipinski definition) is 1. The van der Waals surface area contributed by atoms with E-state index in [1.807, 2.05) is 0 Å². The van der Waals surface area contributed by atoms with Crippen molar-refractivity contribution in [3.8, 4) is 22.3 Å². The molecule has 0 bridgehead atoms. The molecule has 0 saturated carbocycles. The van der Waals surface area contributed by atoms with E-state index < -0.39 is 0 Å². The molecule has 6 aromatic carbocycles. The summed E-state index contributed by atoms with van der Waals surface area (Å²) >= 11 is 0. The van der Waals surface area contributed by atoms with Crippen LogP contribution in [0.4, 0.5) is 17.1 Å². The van der Waals surface area contributed by atoms with Crippen LogP contribution in [0.5, 0.6) is 0 Å². The molecule has 0 radical (unpaired) electrons. The summed E-state index contributed by atoms with van der Waals surface area (Å²) in [5.74, 6) is 1.13. The predicted molar refractivity (Wildman–Crippen MR) is 221 cm³/mol. The second-order valence-electron chi connectivity index (χ2n) is 16.0. The summed E-state index contributed by atoms with van der Waals surface area (Å²) in [6.45, 7) is 4.76. The SMILES string of the molecule is CC1(C)c2ccccc2-c2ccc(N(c3ccc(-c4ccccc4)cc3)c3ccc4c(c3)C3(c5ccccc5C5C=CC=CC53)C3CC=CC=C43)cc21. The summed E-state index contributed by atoms with van der Waals surface area (Å²) in [5, 5.41) is 0. The molecule has 5 aliphatic carbocycles. The van der Waals surface area contributed by atoms with E-state index in [1.54, 1.807) is 0 Å². The first kappa shape index (κ1) is 30.7. The molecule has 4 atom stereocenters. The van der Waals surface area contributed by atoms with Crippen molar-refractivity contribution in [1.82, 2.24) is 0 Å². The monoisotopic (exact) mass is 679 g/mol. The van der Waals surface area contributed by atoms with E-state index in [-0.39, 0.29) is 10.8 Å². The minimum absolute atomic E-state index is 0.0919. The van der Waals surface area contributed by atoms with Crippen LogP contribution in [0.3, 0.4) is 0 Å². The van der Waals surface area contributed by atoms with Gasteiger partial charge in [0.2, 0.25) is 0 Å². The van der Waals surface area contributed by atoms with E-state index in [9.17, 15) is 0 Å². The molecule has 4 unspecified atom stereocenters. The van der Waals surface area contributed by atoms with Gasteiger partial charge in [0.15, 0.2) is 0 Å². The largest absolute Gasteiger partial charge is 0.310 e. The summed E-state index contributed by atoms with van der Waals surface area (Å²) in [5.41, 5.74) is 18.6. The summed E-state index contributed by atoms with van der Waals surface area (Å²) < 4.78 is 0. The number of rotatable bonds is 4. The number of benzene rings is 6. The first-order valence-corrected chi connectivity index (χ1v) is 19.2. The highest BCUT2D eigenvalue weighted by Crippen LogP contribution is 2.68. The van der Waals surface area contributed by atoms with Gasteiger partial charge in [-0.05, 0) is 104 Å². The van der Waals surface area contributed by atoms with Gasteiger partial charge in [-0.25, -0.2) is 0 Å². The Morgan fingerprint density at radius 2 is 1.17 bits per heavy atom. The highest BCUT2D eigenvalue weighted by molar-refractivity contribution is 5.89. The standard InChI is InChI=1S/C52H41N/c1-51(2)45-20-10-6-16-39(45)43-30-28-37(32-49(43)51)53(36-26-24-35(25-27-36)34-14-4-3-5-15-34)38-29-31-44-42-19-9-13-23-48(42)52(50(44)33-38)46-21-11-7-17-40(46)41-18-8-12-22-47(41)52/h3-22,24-33,40,46,48H,23H2,1-2H3. The lowest BCUT2D eigenvalue weighted by Crippen LogP contribution is -2.38. The molecule has 1 spiro atoms. The summed E-state index contributed by atoms with van der Waals surface area (Å²) in [4.78, 5) is 2.51.